The van der Waals surface area contributed by atoms with E-state index in [1.165, 1.54) is 0 Å². The Balaban J connectivity index is 2.89. The number of nitrogens with one attached hydrogen (secondary N) is 1. The average molecular weight is 255 g/mol. The second-order valence-electron chi connectivity index (χ2n) is 4.98. The first-order valence-corrected chi connectivity index (χ1v) is 6.60. The number of hydrogen-bond donors (Lipinski definition) is 1. The second-order valence-corrected chi connectivity index (χ2v) is 4.98. The molecule has 1 aromatic heterocycles. The Hall–Kier alpha value is -0.940. The molecule has 104 valence electrons. The fourth-order valence-corrected chi connectivity index (χ4v) is 2.18. The summed E-state index contributed by atoms with van der Waals surface area (Å²) >= 11 is 0. The van der Waals surface area contributed by atoms with Gasteiger partial charge in [0.2, 0.25) is 5.89 Å². The summed E-state index contributed by atoms with van der Waals surface area (Å²) in [5, 5.41) is 7.41. The van der Waals surface area contributed by atoms with Crippen molar-refractivity contribution in [3.63, 3.8) is 0 Å². The highest BCUT2D eigenvalue weighted by Gasteiger charge is 2.28. The molecule has 1 heterocycles. The second kappa shape index (κ2) is 6.85. The van der Waals surface area contributed by atoms with E-state index in [1.54, 1.807) is 7.11 Å². The van der Waals surface area contributed by atoms with Crippen LogP contribution >= 0.6 is 0 Å². The lowest BCUT2D eigenvalue weighted by Crippen LogP contribution is -2.34. The molecular formula is C13H25N3O2. The molecule has 0 bridgehead atoms. The average Bonchev–Trinajstić information content (AvgIpc) is 2.77. The molecule has 1 rings (SSSR count). The number of hydrogen-bond acceptors (Lipinski definition) is 5. The summed E-state index contributed by atoms with van der Waals surface area (Å²) in [6, 6.07) is 0.307. The van der Waals surface area contributed by atoms with Gasteiger partial charge in [0.05, 0.1) is 5.92 Å². The molecule has 0 aromatic carbocycles. The lowest BCUT2D eigenvalue weighted by atomic mass is 9.89. The molecule has 5 heteroatoms. The zero-order valence-electron chi connectivity index (χ0n) is 12.2. The van der Waals surface area contributed by atoms with Gasteiger partial charge < -0.3 is 14.6 Å². The van der Waals surface area contributed by atoms with Gasteiger partial charge in [0, 0.05) is 13.2 Å². The smallest absolute Gasteiger partial charge is 0.231 e. The van der Waals surface area contributed by atoms with Crippen LogP contribution in [0.1, 0.15) is 58.4 Å². The van der Waals surface area contributed by atoms with Crippen molar-refractivity contribution in [3.05, 3.63) is 11.7 Å². The molecule has 18 heavy (non-hydrogen) atoms. The molecule has 0 aliphatic heterocycles. The van der Waals surface area contributed by atoms with E-state index >= 15 is 0 Å². The van der Waals surface area contributed by atoms with Gasteiger partial charge in [-0.2, -0.15) is 4.98 Å². The molecule has 5 nitrogen and oxygen atoms in total. The van der Waals surface area contributed by atoms with Crippen molar-refractivity contribution < 1.29 is 9.26 Å². The Morgan fingerprint density at radius 1 is 1.28 bits per heavy atom. The molecule has 1 N–H and O–H groups in total. The van der Waals surface area contributed by atoms with Crippen LogP contribution < -0.4 is 5.32 Å². The molecular weight excluding hydrogens is 230 g/mol. The van der Waals surface area contributed by atoms with Crippen LogP contribution in [0.25, 0.3) is 0 Å². The van der Waals surface area contributed by atoms with Crippen LogP contribution in [-0.2, 0) is 4.74 Å². The molecule has 0 saturated carbocycles. The third kappa shape index (κ3) is 3.53. The lowest BCUT2D eigenvalue weighted by molar-refractivity contribution is 0.109. The third-order valence-electron chi connectivity index (χ3n) is 3.24. The summed E-state index contributed by atoms with van der Waals surface area (Å²) in [5.41, 5.74) is 0. The first-order valence-electron chi connectivity index (χ1n) is 6.60. The van der Waals surface area contributed by atoms with Gasteiger partial charge in [-0.15, -0.1) is 0 Å². The molecule has 3 unspecified atom stereocenters. The maximum absolute atomic E-state index is 5.40. The normalized spacial score (nSPS) is 16.8. The minimum atomic E-state index is -0.134. The largest absolute Gasteiger partial charge is 0.374 e. The molecule has 0 aliphatic carbocycles. The van der Waals surface area contributed by atoms with Gasteiger partial charge >= 0.3 is 0 Å². The van der Waals surface area contributed by atoms with Gasteiger partial charge in [-0.3, -0.25) is 0 Å². The summed E-state index contributed by atoms with van der Waals surface area (Å²) in [6.07, 6.45) is -0.134. The summed E-state index contributed by atoms with van der Waals surface area (Å²) in [7, 11) is 1.64. The van der Waals surface area contributed by atoms with Crippen LogP contribution in [0.4, 0.5) is 0 Å². The molecule has 0 aliphatic rings. The summed E-state index contributed by atoms with van der Waals surface area (Å²) in [4.78, 5) is 4.46. The Morgan fingerprint density at radius 3 is 2.44 bits per heavy atom. The predicted octanol–water partition coefficient (Wildman–Crippen LogP) is 2.51. The summed E-state index contributed by atoms with van der Waals surface area (Å²) < 4.78 is 10.6. The number of nitrogens with zero attached hydrogens (tertiary/aromatic N) is 2. The molecule has 0 saturated heterocycles. The maximum atomic E-state index is 5.40. The summed E-state index contributed by atoms with van der Waals surface area (Å²) in [5.74, 6) is 1.96. The quantitative estimate of drug-likeness (QED) is 0.811. The van der Waals surface area contributed by atoms with Crippen molar-refractivity contribution in [3.8, 4) is 0 Å². The zero-order chi connectivity index (χ0) is 13.7. The van der Waals surface area contributed by atoms with Crippen LogP contribution in [0.2, 0.25) is 0 Å². The van der Waals surface area contributed by atoms with Gasteiger partial charge in [0.15, 0.2) is 5.82 Å². The molecule has 3 atom stereocenters. The highest BCUT2D eigenvalue weighted by molar-refractivity contribution is 5.01. The van der Waals surface area contributed by atoms with Crippen molar-refractivity contribution in [2.24, 2.45) is 5.92 Å². The van der Waals surface area contributed by atoms with Gasteiger partial charge in [-0.1, -0.05) is 25.9 Å². The fraction of sp³-hybridized carbons (Fsp3) is 0.846. The van der Waals surface area contributed by atoms with Crippen LogP contribution in [0.5, 0.6) is 0 Å². The van der Waals surface area contributed by atoms with Crippen molar-refractivity contribution in [2.45, 2.75) is 52.7 Å². The van der Waals surface area contributed by atoms with Gasteiger partial charge in [0.25, 0.3) is 0 Å². The van der Waals surface area contributed by atoms with Crippen LogP contribution in [0.15, 0.2) is 4.52 Å². The molecule has 0 amide bonds. The topological polar surface area (TPSA) is 60.2 Å². The van der Waals surface area contributed by atoms with E-state index in [2.05, 4.69) is 43.2 Å². The minimum Gasteiger partial charge on any atom is -0.374 e. The highest BCUT2D eigenvalue weighted by Crippen LogP contribution is 2.27. The van der Waals surface area contributed by atoms with Crippen LogP contribution in [-0.4, -0.2) is 29.8 Å². The van der Waals surface area contributed by atoms with E-state index in [0.29, 0.717) is 23.7 Å². The number of aromatic nitrogens is 2. The number of methoxy groups -OCH3 is 1. The van der Waals surface area contributed by atoms with E-state index in [4.69, 9.17) is 9.26 Å². The Bertz CT molecular complexity index is 352. The zero-order valence-corrected chi connectivity index (χ0v) is 12.2. The molecule has 0 spiro atoms. The van der Waals surface area contributed by atoms with E-state index in [0.717, 1.165) is 6.54 Å². The van der Waals surface area contributed by atoms with Gasteiger partial charge in [-0.25, -0.2) is 0 Å². The Kier molecular flexibility index (Phi) is 5.75. The van der Waals surface area contributed by atoms with Crippen LogP contribution in [0.3, 0.4) is 0 Å². The van der Waals surface area contributed by atoms with Crippen LogP contribution in [0, 0.1) is 5.92 Å². The third-order valence-corrected chi connectivity index (χ3v) is 3.24. The SMILES string of the molecule is CCNC(C)C(c1nc(C(C)OC)no1)C(C)C. The lowest BCUT2D eigenvalue weighted by Gasteiger charge is -2.24. The first-order chi connectivity index (χ1) is 8.51. The predicted molar refractivity (Wildman–Crippen MR) is 70.4 cm³/mol. The molecule has 1 aromatic rings. The standard InChI is InChI=1S/C13H25N3O2/c1-7-14-9(4)11(8(2)3)13-15-12(16-18-13)10(5)17-6/h8-11,14H,7H2,1-6H3. The van der Waals surface area contributed by atoms with E-state index in [9.17, 15) is 0 Å². The Morgan fingerprint density at radius 2 is 1.94 bits per heavy atom. The van der Waals surface area contributed by atoms with E-state index < -0.39 is 0 Å². The van der Waals surface area contributed by atoms with Crippen molar-refractivity contribution in [1.82, 2.24) is 15.5 Å². The van der Waals surface area contributed by atoms with Crippen molar-refractivity contribution in [2.75, 3.05) is 13.7 Å². The van der Waals surface area contributed by atoms with Crippen molar-refractivity contribution >= 4 is 0 Å². The first kappa shape index (κ1) is 15.1. The van der Waals surface area contributed by atoms with Crippen molar-refractivity contribution in [1.29, 1.82) is 0 Å². The maximum Gasteiger partial charge on any atom is 0.231 e. The van der Waals surface area contributed by atoms with E-state index in [-0.39, 0.29) is 12.0 Å². The van der Waals surface area contributed by atoms with Gasteiger partial charge in [0.1, 0.15) is 6.10 Å². The fourth-order valence-electron chi connectivity index (χ4n) is 2.18. The Labute approximate surface area is 109 Å². The summed E-state index contributed by atoms with van der Waals surface area (Å²) in [6.45, 7) is 11.4. The highest BCUT2D eigenvalue weighted by atomic mass is 16.5. The number of rotatable bonds is 7. The minimum absolute atomic E-state index is 0.134. The van der Waals surface area contributed by atoms with E-state index in [1.807, 2.05) is 6.92 Å². The monoisotopic (exact) mass is 255 g/mol. The number of likely N-dealkylation sites (N-methyl/N-ethyl adjacent to an activating group) is 1. The molecule has 0 radical (unpaired) electrons. The molecule has 0 fully saturated rings. The number of ether oxygens (including phenoxy) is 1. The van der Waals surface area contributed by atoms with Gasteiger partial charge in [-0.05, 0) is 26.3 Å².